The fraction of sp³-hybridized carbons (Fsp3) is 0.296. The summed E-state index contributed by atoms with van der Waals surface area (Å²) in [5.41, 5.74) is 29.4. The molecular weight excluding hydrogens is 426 g/mol. The molecule has 1 fully saturated rings. The molecule has 3 aromatic carbocycles. The number of carbonyl (C=O) groups excluding carboxylic acids is 1. The molecule has 0 unspecified atom stereocenters. The minimum Gasteiger partial charge on any atom is -0.462 e. The highest BCUT2D eigenvalue weighted by Crippen LogP contribution is 2.21. The summed E-state index contributed by atoms with van der Waals surface area (Å²) in [6.45, 7) is 8.48. The molecule has 182 valence electrons. The van der Waals surface area contributed by atoms with E-state index in [4.69, 9.17) is 27.7 Å². The largest absolute Gasteiger partial charge is 0.462 e. The highest BCUT2D eigenvalue weighted by Gasteiger charge is 2.11. The minimum atomic E-state index is -0.308. The van der Waals surface area contributed by atoms with E-state index in [1.54, 1.807) is 31.2 Å². The third-order valence-corrected chi connectivity index (χ3v) is 5.40. The third kappa shape index (κ3) is 8.24. The van der Waals surface area contributed by atoms with Crippen molar-refractivity contribution < 1.29 is 9.53 Å². The lowest BCUT2D eigenvalue weighted by atomic mass is 10.1. The van der Waals surface area contributed by atoms with Crippen molar-refractivity contribution in [2.24, 2.45) is 0 Å². The lowest BCUT2D eigenvalue weighted by molar-refractivity contribution is 0.0526. The van der Waals surface area contributed by atoms with Crippen LogP contribution in [0, 0.1) is 13.8 Å². The number of anilines is 5. The maximum absolute atomic E-state index is 11.1. The SMILES string of the molecule is CCOC(=O)c1ccc(N)cc1.Cc1cc(N)cc(C)c1N.Nc1ccc(N2CCCC2)cc1. The quantitative estimate of drug-likeness (QED) is 0.324. The van der Waals surface area contributed by atoms with E-state index >= 15 is 0 Å². The summed E-state index contributed by atoms with van der Waals surface area (Å²) >= 11 is 0. The summed E-state index contributed by atoms with van der Waals surface area (Å²) in [6.07, 6.45) is 2.65. The van der Waals surface area contributed by atoms with Gasteiger partial charge in [0, 0.05) is 41.5 Å². The summed E-state index contributed by atoms with van der Waals surface area (Å²) in [4.78, 5) is 13.5. The minimum absolute atomic E-state index is 0.308. The Bertz CT molecular complexity index is 1020. The van der Waals surface area contributed by atoms with Gasteiger partial charge < -0.3 is 32.6 Å². The van der Waals surface area contributed by atoms with E-state index in [-0.39, 0.29) is 5.97 Å². The van der Waals surface area contributed by atoms with Crippen molar-refractivity contribution in [3.63, 3.8) is 0 Å². The monoisotopic (exact) mass is 463 g/mol. The Morgan fingerprint density at radius 3 is 1.74 bits per heavy atom. The number of hydrogen-bond acceptors (Lipinski definition) is 7. The molecule has 7 nitrogen and oxygen atoms in total. The van der Waals surface area contributed by atoms with Crippen molar-refractivity contribution in [3.8, 4) is 0 Å². The first-order valence-electron chi connectivity index (χ1n) is 11.5. The first-order valence-corrected chi connectivity index (χ1v) is 11.5. The lowest BCUT2D eigenvalue weighted by Crippen LogP contribution is -2.17. The predicted octanol–water partition coefficient (Wildman–Crippen LogP) is 4.78. The number of benzene rings is 3. The second kappa shape index (κ2) is 13.0. The number of nitrogens with zero attached hydrogens (tertiary/aromatic N) is 1. The number of ether oxygens (including phenoxy) is 1. The number of hydrogen-bond donors (Lipinski definition) is 4. The summed E-state index contributed by atoms with van der Waals surface area (Å²) in [6, 6.07) is 18.5. The first kappa shape index (κ1) is 26.4. The predicted molar refractivity (Wildman–Crippen MR) is 144 cm³/mol. The normalized spacial score (nSPS) is 12.1. The van der Waals surface area contributed by atoms with E-state index in [0.717, 1.165) is 28.2 Å². The molecule has 0 aromatic heterocycles. The van der Waals surface area contributed by atoms with Gasteiger partial charge in [0.1, 0.15) is 0 Å². The van der Waals surface area contributed by atoms with Gasteiger partial charge in [-0.3, -0.25) is 0 Å². The van der Waals surface area contributed by atoms with E-state index in [1.807, 2.05) is 38.1 Å². The highest BCUT2D eigenvalue weighted by molar-refractivity contribution is 5.89. The second-order valence-corrected chi connectivity index (χ2v) is 8.20. The van der Waals surface area contributed by atoms with Crippen molar-refractivity contribution in [2.75, 3.05) is 47.5 Å². The maximum atomic E-state index is 11.1. The van der Waals surface area contributed by atoms with Crippen LogP contribution in [-0.2, 0) is 4.74 Å². The lowest BCUT2D eigenvalue weighted by Gasteiger charge is -2.17. The van der Waals surface area contributed by atoms with Gasteiger partial charge in [-0.2, -0.15) is 0 Å². The molecule has 0 radical (unpaired) electrons. The molecule has 34 heavy (non-hydrogen) atoms. The maximum Gasteiger partial charge on any atom is 0.338 e. The Kier molecular flexibility index (Phi) is 10.1. The van der Waals surface area contributed by atoms with E-state index < -0.39 is 0 Å². The molecule has 0 aliphatic carbocycles. The second-order valence-electron chi connectivity index (χ2n) is 8.20. The molecular formula is C27H37N5O2. The zero-order chi connectivity index (χ0) is 25.1. The van der Waals surface area contributed by atoms with E-state index in [1.165, 1.54) is 31.6 Å². The van der Waals surface area contributed by atoms with Gasteiger partial charge in [0.25, 0.3) is 0 Å². The molecule has 0 spiro atoms. The van der Waals surface area contributed by atoms with Crippen LogP contribution in [0.25, 0.3) is 0 Å². The van der Waals surface area contributed by atoms with E-state index in [9.17, 15) is 4.79 Å². The number of nitrogen functional groups attached to an aromatic ring is 4. The number of esters is 1. The average molecular weight is 464 g/mol. The molecule has 0 atom stereocenters. The van der Waals surface area contributed by atoms with Crippen LogP contribution in [0.3, 0.4) is 0 Å². The Labute approximate surface area is 202 Å². The summed E-state index contributed by atoms with van der Waals surface area (Å²) in [7, 11) is 0. The molecule has 7 heteroatoms. The number of nitrogens with two attached hydrogens (primary N) is 4. The zero-order valence-corrected chi connectivity index (χ0v) is 20.4. The van der Waals surface area contributed by atoms with Crippen molar-refractivity contribution >= 4 is 34.4 Å². The molecule has 0 amide bonds. The van der Waals surface area contributed by atoms with Gasteiger partial charge in [-0.1, -0.05) is 0 Å². The number of carbonyl (C=O) groups is 1. The van der Waals surface area contributed by atoms with Gasteiger partial charge in [0.05, 0.1) is 12.2 Å². The average Bonchev–Trinajstić information content (AvgIpc) is 3.34. The van der Waals surface area contributed by atoms with Gasteiger partial charge >= 0.3 is 5.97 Å². The number of rotatable bonds is 3. The topological polar surface area (TPSA) is 134 Å². The Morgan fingerprint density at radius 1 is 0.794 bits per heavy atom. The van der Waals surface area contributed by atoms with Gasteiger partial charge in [-0.05, 0) is 105 Å². The van der Waals surface area contributed by atoms with Gasteiger partial charge in [0.2, 0.25) is 0 Å². The molecule has 8 N–H and O–H groups in total. The molecule has 3 aromatic rings. The van der Waals surface area contributed by atoms with Gasteiger partial charge in [-0.15, -0.1) is 0 Å². The van der Waals surface area contributed by atoms with Gasteiger partial charge in [0.15, 0.2) is 0 Å². The molecule has 1 aliphatic heterocycles. The van der Waals surface area contributed by atoms with Crippen LogP contribution in [0.2, 0.25) is 0 Å². The fourth-order valence-electron chi connectivity index (χ4n) is 3.50. The van der Waals surface area contributed by atoms with Crippen LogP contribution >= 0.6 is 0 Å². The zero-order valence-electron chi connectivity index (χ0n) is 20.4. The van der Waals surface area contributed by atoms with E-state index in [2.05, 4.69) is 17.0 Å². The highest BCUT2D eigenvalue weighted by atomic mass is 16.5. The van der Waals surface area contributed by atoms with Crippen molar-refractivity contribution in [1.29, 1.82) is 0 Å². The van der Waals surface area contributed by atoms with Crippen molar-refractivity contribution in [2.45, 2.75) is 33.6 Å². The third-order valence-electron chi connectivity index (χ3n) is 5.40. The van der Waals surface area contributed by atoms with Gasteiger partial charge in [-0.25, -0.2) is 4.79 Å². The summed E-state index contributed by atoms with van der Waals surface area (Å²) < 4.78 is 4.79. The van der Waals surface area contributed by atoms with Crippen molar-refractivity contribution in [1.82, 2.24) is 0 Å². The van der Waals surface area contributed by atoms with Crippen LogP contribution in [0.4, 0.5) is 28.4 Å². The number of aryl methyl sites for hydroxylation is 2. The summed E-state index contributed by atoms with van der Waals surface area (Å²) in [5.74, 6) is -0.308. The molecule has 1 aliphatic rings. The molecule has 0 saturated carbocycles. The Balaban J connectivity index is 0.000000181. The van der Waals surface area contributed by atoms with Crippen LogP contribution < -0.4 is 27.8 Å². The van der Waals surface area contributed by atoms with Crippen LogP contribution in [0.15, 0.2) is 60.7 Å². The summed E-state index contributed by atoms with van der Waals surface area (Å²) in [5, 5.41) is 0. The first-order chi connectivity index (χ1) is 16.2. The van der Waals surface area contributed by atoms with Crippen LogP contribution in [-0.4, -0.2) is 25.7 Å². The molecule has 1 saturated heterocycles. The Hall–Kier alpha value is -3.87. The smallest absolute Gasteiger partial charge is 0.338 e. The molecule has 0 bridgehead atoms. The standard InChI is InChI=1S/C10H14N2.C9H11NO2.C8H12N2/c11-9-3-5-10(6-4-9)12-7-1-2-8-12;1-2-12-9(11)7-3-5-8(10)6-4-7;1-5-3-7(9)4-6(2)8(5)10/h3-6H,1-2,7-8,11H2;3-6H,2,10H2,1H3;3-4H,9-10H2,1-2H3. The van der Waals surface area contributed by atoms with E-state index in [0.29, 0.717) is 17.9 Å². The van der Waals surface area contributed by atoms with Crippen LogP contribution in [0.5, 0.6) is 0 Å². The molecule has 4 rings (SSSR count). The Morgan fingerprint density at radius 2 is 1.26 bits per heavy atom. The van der Waals surface area contributed by atoms with Crippen LogP contribution in [0.1, 0.15) is 41.3 Å². The fourth-order valence-corrected chi connectivity index (χ4v) is 3.50. The van der Waals surface area contributed by atoms with Crippen molar-refractivity contribution in [3.05, 3.63) is 77.4 Å². The molecule has 1 heterocycles.